The fourth-order valence-corrected chi connectivity index (χ4v) is 4.27. The van der Waals surface area contributed by atoms with Gasteiger partial charge in [-0.25, -0.2) is 30.0 Å². The lowest BCUT2D eigenvalue weighted by Crippen LogP contribution is -2.61. The van der Waals surface area contributed by atoms with E-state index in [2.05, 4.69) is 8.37 Å². The van der Waals surface area contributed by atoms with Gasteiger partial charge in [0, 0.05) is 6.42 Å². The largest absolute Gasteiger partial charge is 0.735 e. The molecular formula is C11H18NO16S3-3. The molecule has 0 saturated carbocycles. The van der Waals surface area contributed by atoms with E-state index in [1.54, 1.807) is 0 Å². The van der Waals surface area contributed by atoms with Gasteiger partial charge in [0.1, 0.15) is 18.3 Å². The standard InChI is InChI=1S/C11H21NO16S3/c13-6-1-5(2-25-30(18,19)20)26-11(9(6)12-29(15,16)17)27-7-3-24-4-8(10(7)14)28-31(21,22)23/h5-14H,1-4H2,(H,15,16,17)(H,18,19,20)(H,21,22,23)/p-3/t5?,6?,7-,8?,9-,10-,11-/m0/s1. The molecule has 2 fully saturated rings. The van der Waals surface area contributed by atoms with Crippen LogP contribution in [0, 0.1) is 0 Å². The molecule has 0 aromatic carbocycles. The van der Waals surface area contributed by atoms with E-state index >= 15 is 0 Å². The summed E-state index contributed by atoms with van der Waals surface area (Å²) in [6.07, 6.45) is -10.4. The predicted molar refractivity (Wildman–Crippen MR) is 87.8 cm³/mol. The Morgan fingerprint density at radius 2 is 1.58 bits per heavy atom. The fourth-order valence-electron chi connectivity index (χ4n) is 2.88. The van der Waals surface area contributed by atoms with Crippen LogP contribution in [0.15, 0.2) is 0 Å². The molecule has 3 N–H and O–H groups in total. The molecule has 0 amide bonds. The third-order valence-electron chi connectivity index (χ3n) is 4.09. The van der Waals surface area contributed by atoms with Crippen LogP contribution < -0.4 is 4.72 Å². The van der Waals surface area contributed by atoms with Crippen LogP contribution in [0.1, 0.15) is 6.42 Å². The van der Waals surface area contributed by atoms with Crippen molar-refractivity contribution < 1.29 is 71.7 Å². The summed E-state index contributed by atoms with van der Waals surface area (Å²) >= 11 is 0. The minimum Gasteiger partial charge on any atom is -0.735 e. The molecule has 31 heavy (non-hydrogen) atoms. The van der Waals surface area contributed by atoms with Crippen molar-refractivity contribution in [3.8, 4) is 0 Å². The maximum absolute atomic E-state index is 11.1. The molecule has 7 atom stereocenters. The number of hydrogen-bond donors (Lipinski definition) is 3. The summed E-state index contributed by atoms with van der Waals surface area (Å²) in [7, 11) is -15.5. The second-order valence-electron chi connectivity index (χ2n) is 6.47. The predicted octanol–water partition coefficient (Wildman–Crippen LogP) is -5.02. The van der Waals surface area contributed by atoms with Crippen LogP contribution in [-0.4, -0.2) is 112 Å². The number of rotatable bonds is 9. The first-order chi connectivity index (χ1) is 14.0. The Morgan fingerprint density at radius 3 is 2.13 bits per heavy atom. The molecule has 3 unspecified atom stereocenters. The van der Waals surface area contributed by atoms with Gasteiger partial charge in [0.2, 0.25) is 20.8 Å². The van der Waals surface area contributed by atoms with E-state index in [1.807, 2.05) is 0 Å². The van der Waals surface area contributed by atoms with Gasteiger partial charge in [0.15, 0.2) is 16.6 Å². The quantitative estimate of drug-likeness (QED) is 0.191. The maximum atomic E-state index is 11.1. The third kappa shape index (κ3) is 9.05. The van der Waals surface area contributed by atoms with Crippen molar-refractivity contribution >= 4 is 31.1 Å². The highest BCUT2D eigenvalue weighted by Gasteiger charge is 2.44. The smallest absolute Gasteiger partial charge is 0.218 e. The van der Waals surface area contributed by atoms with Crippen LogP contribution in [0.3, 0.4) is 0 Å². The molecule has 2 aliphatic heterocycles. The van der Waals surface area contributed by atoms with Crippen LogP contribution in [0.5, 0.6) is 0 Å². The Hall–Kier alpha value is -0.590. The molecule has 0 aromatic heterocycles. The Bertz CT molecular complexity index is 918. The van der Waals surface area contributed by atoms with Crippen molar-refractivity contribution in [3.05, 3.63) is 0 Å². The summed E-state index contributed by atoms with van der Waals surface area (Å²) in [4.78, 5) is 0. The van der Waals surface area contributed by atoms with Crippen molar-refractivity contribution in [2.45, 2.75) is 49.3 Å². The molecule has 0 aromatic rings. The first-order valence-electron chi connectivity index (χ1n) is 8.26. The lowest BCUT2D eigenvalue weighted by molar-refractivity contribution is -0.279. The first kappa shape index (κ1) is 26.7. The number of aliphatic hydroxyl groups excluding tert-OH is 2. The molecule has 0 radical (unpaired) electrons. The zero-order valence-electron chi connectivity index (χ0n) is 15.2. The Labute approximate surface area is 177 Å². The average molecular weight is 516 g/mol. The summed E-state index contributed by atoms with van der Waals surface area (Å²) in [5.74, 6) is 0. The van der Waals surface area contributed by atoms with Gasteiger partial charge >= 0.3 is 0 Å². The molecule has 0 aliphatic carbocycles. The molecule has 17 nitrogen and oxygen atoms in total. The van der Waals surface area contributed by atoms with Gasteiger partial charge in [-0.2, -0.15) is 0 Å². The normalized spacial score (nSPS) is 35.7. The summed E-state index contributed by atoms with van der Waals surface area (Å²) in [6, 6.07) is -1.76. The van der Waals surface area contributed by atoms with Gasteiger partial charge in [-0.3, -0.25) is 8.37 Å². The fraction of sp³-hybridized carbons (Fsp3) is 1.00. The highest BCUT2D eigenvalue weighted by Crippen LogP contribution is 2.26. The highest BCUT2D eigenvalue weighted by atomic mass is 32.3. The van der Waals surface area contributed by atoms with Crippen molar-refractivity contribution in [2.75, 3.05) is 19.8 Å². The average Bonchev–Trinajstić information content (AvgIpc) is 2.57. The molecule has 0 spiro atoms. The van der Waals surface area contributed by atoms with Crippen LogP contribution in [-0.2, 0) is 53.7 Å². The van der Waals surface area contributed by atoms with Crippen LogP contribution >= 0.6 is 0 Å². The van der Waals surface area contributed by atoms with Crippen LogP contribution in [0.2, 0.25) is 0 Å². The minimum absolute atomic E-state index is 0.442. The SMILES string of the molecule is O=S(=O)([O-])N[C@H]1C(O)CC(COS(=O)(=O)[O-])O[C@H]1O[C@H]1COCC(OS(=O)(=O)[O-])[C@H]1O. The third-order valence-corrected chi connectivity index (χ3v) is 5.56. The molecule has 20 heteroatoms. The maximum Gasteiger partial charge on any atom is 0.218 e. The first-order valence-corrected chi connectivity index (χ1v) is 12.3. The van der Waals surface area contributed by atoms with E-state index in [4.69, 9.17) is 14.2 Å². The molecule has 0 bridgehead atoms. The Morgan fingerprint density at radius 1 is 0.968 bits per heavy atom. The lowest BCUT2D eigenvalue weighted by Gasteiger charge is -2.43. The lowest BCUT2D eigenvalue weighted by atomic mass is 10.0. The van der Waals surface area contributed by atoms with E-state index in [-0.39, 0.29) is 0 Å². The Balaban J connectivity index is 2.17. The van der Waals surface area contributed by atoms with Crippen molar-refractivity contribution in [1.82, 2.24) is 4.72 Å². The van der Waals surface area contributed by atoms with E-state index in [0.29, 0.717) is 0 Å². The van der Waals surface area contributed by atoms with Crippen molar-refractivity contribution in [2.24, 2.45) is 0 Å². The monoisotopic (exact) mass is 516 g/mol. The van der Waals surface area contributed by atoms with Gasteiger partial charge in [-0.05, 0) is 0 Å². The number of aliphatic hydroxyl groups is 2. The second kappa shape index (κ2) is 10.1. The van der Waals surface area contributed by atoms with E-state index in [0.717, 1.165) is 0 Å². The van der Waals surface area contributed by atoms with Crippen LogP contribution in [0.4, 0.5) is 0 Å². The molecule has 2 saturated heterocycles. The summed E-state index contributed by atoms with van der Waals surface area (Å²) in [6.45, 7) is -1.86. The van der Waals surface area contributed by atoms with Gasteiger partial charge in [0.25, 0.3) is 0 Å². The van der Waals surface area contributed by atoms with Gasteiger partial charge < -0.3 is 38.1 Å². The van der Waals surface area contributed by atoms with Crippen molar-refractivity contribution in [3.63, 3.8) is 0 Å². The molecule has 2 aliphatic rings. The molecule has 184 valence electrons. The number of nitrogens with one attached hydrogen (secondary N) is 1. The highest BCUT2D eigenvalue weighted by molar-refractivity contribution is 7.83. The Kier molecular flexibility index (Phi) is 8.71. The number of ether oxygens (including phenoxy) is 3. The van der Waals surface area contributed by atoms with E-state index < -0.39 is 100 Å². The molecule has 2 heterocycles. The minimum atomic E-state index is -5.24. The van der Waals surface area contributed by atoms with Gasteiger partial charge in [0.05, 0.1) is 38.1 Å². The van der Waals surface area contributed by atoms with Gasteiger partial charge in [-0.15, -0.1) is 0 Å². The zero-order chi connectivity index (χ0) is 23.6. The summed E-state index contributed by atoms with van der Waals surface area (Å²) < 4.78 is 122. The zero-order valence-corrected chi connectivity index (χ0v) is 17.7. The molecular weight excluding hydrogens is 498 g/mol. The van der Waals surface area contributed by atoms with Crippen molar-refractivity contribution in [1.29, 1.82) is 0 Å². The summed E-state index contributed by atoms with van der Waals surface area (Å²) in [5, 5.41) is 20.3. The van der Waals surface area contributed by atoms with Gasteiger partial charge in [-0.1, -0.05) is 0 Å². The number of hydrogen-bond acceptors (Lipinski definition) is 16. The van der Waals surface area contributed by atoms with Crippen LogP contribution in [0.25, 0.3) is 0 Å². The second-order valence-corrected chi connectivity index (χ2v) is 9.67. The molecule has 2 rings (SSSR count). The topological polar surface area (TPSA) is 270 Å². The van der Waals surface area contributed by atoms with E-state index in [1.165, 1.54) is 4.72 Å². The van der Waals surface area contributed by atoms with E-state index in [9.17, 15) is 49.1 Å². The summed E-state index contributed by atoms with van der Waals surface area (Å²) in [5.41, 5.74) is 0.